The lowest BCUT2D eigenvalue weighted by atomic mass is 9.80. The highest BCUT2D eigenvalue weighted by Crippen LogP contribution is 2.35. The van der Waals surface area contributed by atoms with E-state index >= 15 is 0 Å². The van der Waals surface area contributed by atoms with Gasteiger partial charge >= 0.3 is 0 Å². The van der Waals surface area contributed by atoms with E-state index in [2.05, 4.69) is 37.8 Å². The highest BCUT2D eigenvalue weighted by atomic mass is 32.2. The second kappa shape index (κ2) is 5.97. The third-order valence-corrected chi connectivity index (χ3v) is 6.04. The summed E-state index contributed by atoms with van der Waals surface area (Å²) in [4.78, 5) is 0. The van der Waals surface area contributed by atoms with Gasteiger partial charge in [0.2, 0.25) is 0 Å². The van der Waals surface area contributed by atoms with Gasteiger partial charge in [-0.15, -0.1) is 0 Å². The molecule has 1 N–H and O–H groups in total. The fraction of sp³-hybridized carbons (Fsp3) is 1.00. The third kappa shape index (κ3) is 3.64. The number of thioether (sulfide) groups is 1. The first-order valence-electron chi connectivity index (χ1n) is 7.45. The van der Waals surface area contributed by atoms with Gasteiger partial charge in [-0.05, 0) is 49.2 Å². The van der Waals surface area contributed by atoms with Crippen molar-refractivity contribution >= 4 is 11.8 Å². The van der Waals surface area contributed by atoms with Crippen LogP contribution in [0.2, 0.25) is 0 Å². The van der Waals surface area contributed by atoms with Gasteiger partial charge in [-0.3, -0.25) is 0 Å². The highest BCUT2D eigenvalue weighted by molar-refractivity contribution is 7.99. The van der Waals surface area contributed by atoms with Crippen LogP contribution >= 0.6 is 11.8 Å². The summed E-state index contributed by atoms with van der Waals surface area (Å²) < 4.78 is 0. The highest BCUT2D eigenvalue weighted by Gasteiger charge is 2.34. The quantitative estimate of drug-likeness (QED) is 0.815. The number of hydrogen-bond donors (Lipinski definition) is 1. The van der Waals surface area contributed by atoms with E-state index in [1.165, 1.54) is 50.0 Å². The second-order valence-corrected chi connectivity index (χ2v) is 7.81. The molecule has 0 aromatic heterocycles. The minimum atomic E-state index is 0.507. The van der Waals surface area contributed by atoms with Crippen molar-refractivity contribution in [2.24, 2.45) is 11.3 Å². The van der Waals surface area contributed by atoms with Crippen LogP contribution in [0.5, 0.6) is 0 Å². The van der Waals surface area contributed by atoms with Crippen molar-refractivity contribution in [3.05, 3.63) is 0 Å². The Morgan fingerprint density at radius 2 is 1.88 bits per heavy atom. The zero-order chi connectivity index (χ0) is 12.3. The van der Waals surface area contributed by atoms with E-state index in [1.54, 1.807) is 0 Å². The summed E-state index contributed by atoms with van der Waals surface area (Å²) in [7, 11) is 0. The van der Waals surface area contributed by atoms with E-state index in [-0.39, 0.29) is 0 Å². The Kier molecular flexibility index (Phi) is 4.82. The molecular formula is C15H29NS. The van der Waals surface area contributed by atoms with E-state index < -0.39 is 0 Å². The van der Waals surface area contributed by atoms with Crippen LogP contribution in [0, 0.1) is 11.3 Å². The Morgan fingerprint density at radius 1 is 1.18 bits per heavy atom. The van der Waals surface area contributed by atoms with E-state index in [4.69, 9.17) is 0 Å². The normalized spacial score (nSPS) is 37.9. The Bertz CT molecular complexity index is 231. The average Bonchev–Trinajstić information content (AvgIpc) is 2.33. The first-order valence-corrected chi connectivity index (χ1v) is 8.61. The maximum Gasteiger partial charge on any atom is 0.0212 e. The van der Waals surface area contributed by atoms with Crippen LogP contribution in [0.25, 0.3) is 0 Å². The Hall–Kier alpha value is 0.310. The molecule has 0 aromatic rings. The van der Waals surface area contributed by atoms with Crippen LogP contribution in [-0.2, 0) is 0 Å². The van der Waals surface area contributed by atoms with Crippen molar-refractivity contribution in [3.63, 3.8) is 0 Å². The molecule has 0 amide bonds. The Balaban J connectivity index is 1.80. The Labute approximate surface area is 112 Å². The van der Waals surface area contributed by atoms with Crippen LogP contribution in [0.15, 0.2) is 0 Å². The van der Waals surface area contributed by atoms with Gasteiger partial charge in [0.05, 0.1) is 0 Å². The maximum atomic E-state index is 3.97. The first-order chi connectivity index (χ1) is 8.12. The molecule has 1 saturated carbocycles. The van der Waals surface area contributed by atoms with Crippen LogP contribution in [0.1, 0.15) is 59.3 Å². The van der Waals surface area contributed by atoms with Gasteiger partial charge < -0.3 is 5.32 Å². The monoisotopic (exact) mass is 255 g/mol. The lowest BCUT2D eigenvalue weighted by molar-refractivity contribution is 0.196. The van der Waals surface area contributed by atoms with Gasteiger partial charge in [0.1, 0.15) is 0 Å². The lowest BCUT2D eigenvalue weighted by Crippen LogP contribution is -2.51. The van der Waals surface area contributed by atoms with Crippen LogP contribution in [-0.4, -0.2) is 23.6 Å². The van der Waals surface area contributed by atoms with E-state index in [0.29, 0.717) is 5.41 Å². The van der Waals surface area contributed by atoms with Crippen molar-refractivity contribution in [3.8, 4) is 0 Å². The van der Waals surface area contributed by atoms with Gasteiger partial charge in [-0.2, -0.15) is 11.8 Å². The minimum Gasteiger partial charge on any atom is -0.310 e. The largest absolute Gasteiger partial charge is 0.310 e. The molecule has 1 heterocycles. The first kappa shape index (κ1) is 13.7. The predicted octanol–water partition coefficient (Wildman–Crippen LogP) is 4.08. The molecule has 0 aromatic carbocycles. The predicted molar refractivity (Wildman–Crippen MR) is 78.7 cm³/mol. The summed E-state index contributed by atoms with van der Waals surface area (Å²) in [5, 5.41) is 3.97. The summed E-state index contributed by atoms with van der Waals surface area (Å²) in [5.41, 5.74) is 0.507. The molecule has 2 fully saturated rings. The Morgan fingerprint density at radius 3 is 2.47 bits per heavy atom. The standard InChI is InChI=1S/C15H29NS/c1-4-12-5-7-13(8-6-12)16-14-11-17-10-9-15(14,2)3/h12-14,16H,4-11H2,1-3H3. The zero-order valence-corrected chi connectivity index (χ0v) is 12.6. The summed E-state index contributed by atoms with van der Waals surface area (Å²) in [6.45, 7) is 7.24. The molecule has 0 spiro atoms. The topological polar surface area (TPSA) is 12.0 Å². The molecular weight excluding hydrogens is 226 g/mol. The molecule has 100 valence electrons. The summed E-state index contributed by atoms with van der Waals surface area (Å²) in [6.07, 6.45) is 8.49. The zero-order valence-electron chi connectivity index (χ0n) is 11.8. The molecule has 2 aliphatic rings. The summed E-state index contributed by atoms with van der Waals surface area (Å²) in [5.74, 6) is 3.69. The van der Waals surface area contributed by atoms with Crippen LogP contribution < -0.4 is 5.32 Å². The number of nitrogens with one attached hydrogen (secondary N) is 1. The van der Waals surface area contributed by atoms with Crippen molar-refractivity contribution < 1.29 is 0 Å². The summed E-state index contributed by atoms with van der Waals surface area (Å²) >= 11 is 2.14. The SMILES string of the molecule is CCC1CCC(NC2CSCCC2(C)C)CC1. The average molecular weight is 255 g/mol. The molecule has 1 saturated heterocycles. The van der Waals surface area contributed by atoms with Gasteiger partial charge in [0, 0.05) is 17.8 Å². The molecule has 0 bridgehead atoms. The van der Waals surface area contributed by atoms with Crippen molar-refractivity contribution in [2.75, 3.05) is 11.5 Å². The smallest absolute Gasteiger partial charge is 0.0212 e. The molecule has 2 heteroatoms. The third-order valence-electron chi connectivity index (χ3n) is 4.98. The molecule has 17 heavy (non-hydrogen) atoms. The fourth-order valence-electron chi connectivity index (χ4n) is 3.23. The van der Waals surface area contributed by atoms with Gasteiger partial charge in [0.15, 0.2) is 0 Å². The fourth-order valence-corrected chi connectivity index (χ4v) is 4.85. The number of hydrogen-bond acceptors (Lipinski definition) is 2. The van der Waals surface area contributed by atoms with Gasteiger partial charge in [-0.1, -0.05) is 27.2 Å². The van der Waals surface area contributed by atoms with Crippen LogP contribution in [0.3, 0.4) is 0 Å². The molecule has 1 unspecified atom stereocenters. The van der Waals surface area contributed by atoms with Crippen molar-refractivity contribution in [1.29, 1.82) is 0 Å². The maximum absolute atomic E-state index is 3.97. The lowest BCUT2D eigenvalue weighted by Gasteiger charge is -2.42. The van der Waals surface area contributed by atoms with E-state index in [9.17, 15) is 0 Å². The molecule has 1 aliphatic carbocycles. The van der Waals surface area contributed by atoms with Crippen molar-refractivity contribution in [2.45, 2.75) is 71.4 Å². The minimum absolute atomic E-state index is 0.507. The van der Waals surface area contributed by atoms with Gasteiger partial charge in [-0.25, -0.2) is 0 Å². The van der Waals surface area contributed by atoms with Crippen LogP contribution in [0.4, 0.5) is 0 Å². The molecule has 2 rings (SSSR count). The molecule has 1 aliphatic heterocycles. The molecule has 0 radical (unpaired) electrons. The van der Waals surface area contributed by atoms with Crippen molar-refractivity contribution in [1.82, 2.24) is 5.32 Å². The van der Waals surface area contributed by atoms with Gasteiger partial charge in [0.25, 0.3) is 0 Å². The second-order valence-electron chi connectivity index (χ2n) is 6.66. The molecule has 1 nitrogen and oxygen atoms in total. The number of rotatable bonds is 3. The summed E-state index contributed by atoms with van der Waals surface area (Å²) in [6, 6.07) is 1.55. The van der Waals surface area contributed by atoms with E-state index in [1.807, 2.05) is 0 Å². The van der Waals surface area contributed by atoms with E-state index in [0.717, 1.165) is 18.0 Å². The molecule has 1 atom stereocenters.